The third kappa shape index (κ3) is 4.80. The van der Waals surface area contributed by atoms with Gasteiger partial charge in [-0.25, -0.2) is 13.1 Å². The highest BCUT2D eigenvalue weighted by molar-refractivity contribution is 7.89. The number of sulfonamides is 1. The number of hydrogen-bond donors (Lipinski definition) is 2. The summed E-state index contributed by atoms with van der Waals surface area (Å²) >= 11 is 5.94. The number of halogens is 1. The third-order valence-electron chi connectivity index (χ3n) is 4.40. The summed E-state index contributed by atoms with van der Waals surface area (Å²) in [5.74, 6) is 0.336. The van der Waals surface area contributed by atoms with Gasteiger partial charge in [0.05, 0.1) is 17.7 Å². The van der Waals surface area contributed by atoms with E-state index >= 15 is 0 Å². The zero-order valence-electron chi connectivity index (χ0n) is 15.0. The van der Waals surface area contributed by atoms with E-state index < -0.39 is 10.0 Å². The summed E-state index contributed by atoms with van der Waals surface area (Å²) in [6.45, 7) is 1.35. The van der Waals surface area contributed by atoms with Crippen LogP contribution in [-0.2, 0) is 14.8 Å². The summed E-state index contributed by atoms with van der Waals surface area (Å²) in [4.78, 5) is 11.4. The van der Waals surface area contributed by atoms with Crippen molar-refractivity contribution in [1.82, 2.24) is 4.72 Å². The maximum Gasteiger partial charge on any atom is 0.241 e. The number of benzene rings is 2. The Kier molecular flexibility index (Phi) is 5.74. The van der Waals surface area contributed by atoms with Gasteiger partial charge in [0.15, 0.2) is 0 Å². The van der Waals surface area contributed by atoms with Gasteiger partial charge in [0.1, 0.15) is 5.75 Å². The molecule has 0 aromatic heterocycles. The molecular weight excluding hydrogens is 388 g/mol. The molecule has 0 spiro atoms. The third-order valence-corrected chi connectivity index (χ3v) is 6.09. The lowest BCUT2D eigenvalue weighted by molar-refractivity contribution is -0.114. The minimum Gasteiger partial charge on any atom is -0.495 e. The Hall–Kier alpha value is -2.09. The maximum absolute atomic E-state index is 13.0. The molecular formula is C19H21ClN2O4S. The number of amides is 1. The van der Waals surface area contributed by atoms with Crippen LogP contribution in [0.15, 0.2) is 47.4 Å². The summed E-state index contributed by atoms with van der Waals surface area (Å²) in [6.07, 6.45) is 1.94. The maximum atomic E-state index is 13.0. The molecule has 1 aliphatic carbocycles. The Morgan fingerprint density at radius 1 is 1.19 bits per heavy atom. The largest absolute Gasteiger partial charge is 0.495 e. The number of rotatable bonds is 7. The molecule has 144 valence electrons. The van der Waals surface area contributed by atoms with E-state index in [1.165, 1.54) is 32.2 Å². The minimum absolute atomic E-state index is 0.0617. The van der Waals surface area contributed by atoms with Crippen molar-refractivity contribution >= 4 is 33.2 Å². The van der Waals surface area contributed by atoms with Gasteiger partial charge in [-0.3, -0.25) is 4.79 Å². The average Bonchev–Trinajstić information content (AvgIpc) is 3.45. The minimum atomic E-state index is -3.80. The molecule has 1 aliphatic rings. The number of ether oxygens (including phenoxy) is 1. The van der Waals surface area contributed by atoms with Crippen LogP contribution >= 0.6 is 11.6 Å². The van der Waals surface area contributed by atoms with Crippen molar-refractivity contribution in [1.29, 1.82) is 0 Å². The van der Waals surface area contributed by atoms with Crippen molar-refractivity contribution in [3.8, 4) is 5.75 Å². The predicted octanol–water partition coefficient (Wildman–Crippen LogP) is 3.74. The molecule has 3 rings (SSSR count). The van der Waals surface area contributed by atoms with Crippen molar-refractivity contribution in [2.75, 3.05) is 12.4 Å². The molecule has 27 heavy (non-hydrogen) atoms. The van der Waals surface area contributed by atoms with E-state index in [0.717, 1.165) is 18.4 Å². The first-order valence-electron chi connectivity index (χ1n) is 8.53. The molecule has 1 amide bonds. The van der Waals surface area contributed by atoms with Crippen LogP contribution in [0.25, 0.3) is 0 Å². The molecule has 6 nitrogen and oxygen atoms in total. The second-order valence-corrected chi connectivity index (χ2v) is 8.68. The zero-order chi connectivity index (χ0) is 19.6. The van der Waals surface area contributed by atoms with E-state index in [4.69, 9.17) is 16.3 Å². The zero-order valence-corrected chi connectivity index (χ0v) is 16.6. The SMILES string of the molecule is COc1ccc(S(=O)(=O)N[C@H](c2ccc(Cl)cc2)C2CC2)cc1NC(C)=O. The van der Waals surface area contributed by atoms with Crippen molar-refractivity contribution < 1.29 is 17.9 Å². The number of carbonyl (C=O) groups excluding carboxylic acids is 1. The lowest BCUT2D eigenvalue weighted by atomic mass is 10.0. The molecule has 0 bridgehead atoms. The Labute approximate surface area is 163 Å². The Morgan fingerprint density at radius 3 is 2.41 bits per heavy atom. The number of carbonyl (C=O) groups is 1. The van der Waals surface area contributed by atoms with Gasteiger partial charge in [-0.05, 0) is 54.7 Å². The highest BCUT2D eigenvalue weighted by Crippen LogP contribution is 2.42. The number of hydrogen-bond acceptors (Lipinski definition) is 4. The lowest BCUT2D eigenvalue weighted by Crippen LogP contribution is -2.30. The highest BCUT2D eigenvalue weighted by atomic mass is 35.5. The fourth-order valence-electron chi connectivity index (χ4n) is 2.91. The van der Waals surface area contributed by atoms with Crippen molar-refractivity contribution in [2.24, 2.45) is 5.92 Å². The van der Waals surface area contributed by atoms with Gasteiger partial charge in [-0.15, -0.1) is 0 Å². The normalized spacial score (nSPS) is 15.2. The molecule has 2 aromatic rings. The second-order valence-electron chi connectivity index (χ2n) is 6.53. The summed E-state index contributed by atoms with van der Waals surface area (Å²) in [7, 11) is -2.34. The fraction of sp³-hybridized carbons (Fsp3) is 0.316. The van der Waals surface area contributed by atoms with Crippen molar-refractivity contribution in [2.45, 2.75) is 30.7 Å². The van der Waals surface area contributed by atoms with Crippen molar-refractivity contribution in [3.63, 3.8) is 0 Å². The van der Waals surface area contributed by atoms with Crippen LogP contribution in [0.4, 0.5) is 5.69 Å². The second kappa shape index (κ2) is 7.88. The Bertz CT molecular complexity index is 941. The van der Waals surface area contributed by atoms with Crippen LogP contribution in [0.5, 0.6) is 5.75 Å². The van der Waals surface area contributed by atoms with E-state index in [1.54, 1.807) is 12.1 Å². The van der Waals surface area contributed by atoms with Crippen LogP contribution in [0, 0.1) is 5.92 Å². The van der Waals surface area contributed by atoms with E-state index in [-0.39, 0.29) is 22.8 Å². The van der Waals surface area contributed by atoms with Gasteiger partial charge in [0.25, 0.3) is 0 Å². The van der Waals surface area contributed by atoms with Gasteiger partial charge in [0.2, 0.25) is 15.9 Å². The summed E-state index contributed by atoms with van der Waals surface area (Å²) in [5, 5.41) is 3.20. The smallest absolute Gasteiger partial charge is 0.241 e. The number of anilines is 1. The van der Waals surface area contributed by atoms with Crippen LogP contribution in [-0.4, -0.2) is 21.4 Å². The first-order chi connectivity index (χ1) is 12.8. The highest BCUT2D eigenvalue weighted by Gasteiger charge is 2.35. The molecule has 2 N–H and O–H groups in total. The molecule has 0 radical (unpaired) electrons. The standard InChI is InChI=1S/C19H21ClN2O4S/c1-12(23)21-17-11-16(9-10-18(17)26-2)27(24,25)22-19(13-3-4-13)14-5-7-15(20)8-6-14/h5-11,13,19,22H,3-4H2,1-2H3,(H,21,23)/t19-/m0/s1. The van der Waals surface area contributed by atoms with Gasteiger partial charge in [0, 0.05) is 18.0 Å². The molecule has 0 aliphatic heterocycles. The molecule has 1 fully saturated rings. The molecule has 8 heteroatoms. The average molecular weight is 409 g/mol. The molecule has 0 heterocycles. The van der Waals surface area contributed by atoms with E-state index in [0.29, 0.717) is 16.5 Å². The first kappa shape index (κ1) is 19.7. The summed E-state index contributed by atoms with van der Waals surface area (Å²) in [6, 6.07) is 11.2. The van der Waals surface area contributed by atoms with E-state index in [9.17, 15) is 13.2 Å². The van der Waals surface area contributed by atoms with Crippen LogP contribution in [0.3, 0.4) is 0 Å². The van der Waals surface area contributed by atoms with Crippen LogP contribution in [0.1, 0.15) is 31.4 Å². The predicted molar refractivity (Wildman–Crippen MR) is 105 cm³/mol. The van der Waals surface area contributed by atoms with Crippen LogP contribution in [0.2, 0.25) is 5.02 Å². The fourth-order valence-corrected chi connectivity index (χ4v) is 4.36. The van der Waals surface area contributed by atoms with E-state index in [1.807, 2.05) is 12.1 Å². The Morgan fingerprint density at radius 2 is 1.85 bits per heavy atom. The topological polar surface area (TPSA) is 84.5 Å². The van der Waals surface area contributed by atoms with Gasteiger partial charge in [-0.2, -0.15) is 0 Å². The number of nitrogens with one attached hydrogen (secondary N) is 2. The molecule has 0 saturated heterocycles. The Balaban J connectivity index is 1.90. The quantitative estimate of drug-likeness (QED) is 0.730. The molecule has 1 atom stereocenters. The summed E-state index contributed by atoms with van der Waals surface area (Å²) < 4.78 is 33.9. The summed E-state index contributed by atoms with van der Waals surface area (Å²) in [5.41, 5.74) is 1.18. The van der Waals surface area contributed by atoms with Gasteiger partial charge in [-0.1, -0.05) is 23.7 Å². The molecule has 2 aromatic carbocycles. The lowest BCUT2D eigenvalue weighted by Gasteiger charge is -2.20. The van der Waals surface area contributed by atoms with Gasteiger partial charge >= 0.3 is 0 Å². The first-order valence-corrected chi connectivity index (χ1v) is 10.4. The van der Waals surface area contributed by atoms with Crippen molar-refractivity contribution in [3.05, 3.63) is 53.1 Å². The molecule has 1 saturated carbocycles. The van der Waals surface area contributed by atoms with Gasteiger partial charge < -0.3 is 10.1 Å². The van der Waals surface area contributed by atoms with E-state index in [2.05, 4.69) is 10.0 Å². The molecule has 0 unspecified atom stereocenters. The monoisotopic (exact) mass is 408 g/mol. The number of methoxy groups -OCH3 is 1. The van der Waals surface area contributed by atoms with Crippen LogP contribution < -0.4 is 14.8 Å².